The number of methoxy groups -OCH3 is 1. The van der Waals surface area contributed by atoms with E-state index in [4.69, 9.17) is 10.5 Å². The lowest BCUT2D eigenvalue weighted by atomic mass is 10.3. The van der Waals surface area contributed by atoms with Crippen LogP contribution in [0.25, 0.3) is 5.65 Å². The van der Waals surface area contributed by atoms with Gasteiger partial charge in [-0.05, 0) is 12.1 Å². The Balaban J connectivity index is 2.16. The fraction of sp³-hybridized carbons (Fsp3) is 0.300. The maximum atomic E-state index is 11.6. The van der Waals surface area contributed by atoms with Crippen molar-refractivity contribution in [3.8, 4) is 0 Å². The Hall–Kier alpha value is -1.99. The van der Waals surface area contributed by atoms with Crippen LogP contribution in [-0.4, -0.2) is 40.3 Å². The van der Waals surface area contributed by atoms with E-state index in [1.165, 1.54) is 7.11 Å². The summed E-state index contributed by atoms with van der Waals surface area (Å²) in [5.74, 6) is -0.0119. The largest absolute Gasteiger partial charge is 0.383 e. The second kappa shape index (κ2) is 4.89. The van der Waals surface area contributed by atoms with Crippen LogP contribution < -0.4 is 11.1 Å². The van der Waals surface area contributed by atoms with E-state index < -0.39 is 6.04 Å². The molecule has 7 nitrogen and oxygen atoms in total. The number of amides is 1. The van der Waals surface area contributed by atoms with E-state index in [1.807, 2.05) is 12.1 Å². The van der Waals surface area contributed by atoms with Gasteiger partial charge < -0.3 is 10.5 Å². The number of nitrogens with zero attached hydrogens (tertiary/aromatic N) is 3. The smallest absolute Gasteiger partial charge is 0.246 e. The van der Waals surface area contributed by atoms with Gasteiger partial charge in [0.15, 0.2) is 5.65 Å². The maximum absolute atomic E-state index is 11.6. The molecule has 0 aliphatic carbocycles. The minimum Gasteiger partial charge on any atom is -0.383 e. The van der Waals surface area contributed by atoms with E-state index in [1.54, 1.807) is 16.7 Å². The number of carbonyl (C=O) groups is 1. The molecule has 0 saturated heterocycles. The highest BCUT2D eigenvalue weighted by molar-refractivity contribution is 5.93. The number of fused-ring (bicyclic) bond motifs is 1. The van der Waals surface area contributed by atoms with Crippen molar-refractivity contribution in [3.63, 3.8) is 0 Å². The van der Waals surface area contributed by atoms with Crippen molar-refractivity contribution < 1.29 is 9.53 Å². The van der Waals surface area contributed by atoms with Crippen molar-refractivity contribution >= 4 is 17.5 Å². The quantitative estimate of drug-likeness (QED) is 0.754. The lowest BCUT2D eigenvalue weighted by Gasteiger charge is -2.09. The number of hydrogen-bond donors (Lipinski definition) is 2. The molecule has 1 unspecified atom stereocenters. The van der Waals surface area contributed by atoms with Gasteiger partial charge in [-0.3, -0.25) is 14.5 Å². The minimum atomic E-state index is -0.726. The third-order valence-corrected chi connectivity index (χ3v) is 2.23. The van der Waals surface area contributed by atoms with Gasteiger partial charge >= 0.3 is 0 Å². The SMILES string of the molecule is COCC(N)C(=O)Nc1nnc2ccccn12. The number of nitrogens with two attached hydrogens (primary N) is 1. The fourth-order valence-corrected chi connectivity index (χ4v) is 1.38. The number of ether oxygens (including phenoxy) is 1. The average molecular weight is 235 g/mol. The van der Waals surface area contributed by atoms with Crippen LogP contribution in [0.4, 0.5) is 5.95 Å². The Bertz CT molecular complexity index is 524. The van der Waals surface area contributed by atoms with Gasteiger partial charge in [-0.1, -0.05) is 6.07 Å². The molecule has 0 spiro atoms. The minimum absolute atomic E-state index is 0.155. The van der Waals surface area contributed by atoms with Crippen LogP contribution in [0.1, 0.15) is 0 Å². The highest BCUT2D eigenvalue weighted by Crippen LogP contribution is 2.07. The average Bonchev–Trinajstić information content (AvgIpc) is 2.73. The van der Waals surface area contributed by atoms with Crippen LogP contribution in [0.3, 0.4) is 0 Å². The Kier molecular flexibility index (Phi) is 3.31. The van der Waals surface area contributed by atoms with Gasteiger partial charge in [-0.25, -0.2) is 0 Å². The molecule has 90 valence electrons. The molecule has 2 aromatic heterocycles. The zero-order valence-corrected chi connectivity index (χ0v) is 9.33. The summed E-state index contributed by atoms with van der Waals surface area (Å²) in [5.41, 5.74) is 6.25. The molecule has 0 aromatic carbocycles. The standard InChI is InChI=1S/C10H13N5O2/c1-17-6-7(11)9(16)12-10-14-13-8-4-2-3-5-15(8)10/h2-5,7H,6,11H2,1H3,(H,12,14,16). The molecule has 0 bridgehead atoms. The molecule has 2 heterocycles. The van der Waals surface area contributed by atoms with Crippen LogP contribution in [0, 0.1) is 0 Å². The first-order valence-electron chi connectivity index (χ1n) is 5.07. The molecular formula is C10H13N5O2. The molecule has 0 aliphatic heterocycles. The van der Waals surface area contributed by atoms with E-state index in [-0.39, 0.29) is 12.5 Å². The van der Waals surface area contributed by atoms with Crippen molar-refractivity contribution in [1.82, 2.24) is 14.6 Å². The van der Waals surface area contributed by atoms with Crippen LogP contribution in [0.5, 0.6) is 0 Å². The van der Waals surface area contributed by atoms with Crippen molar-refractivity contribution in [2.75, 3.05) is 19.0 Å². The molecule has 1 amide bonds. The van der Waals surface area contributed by atoms with Gasteiger partial charge in [0.2, 0.25) is 11.9 Å². The summed E-state index contributed by atoms with van der Waals surface area (Å²) in [6, 6.07) is 4.72. The third-order valence-electron chi connectivity index (χ3n) is 2.23. The first-order valence-corrected chi connectivity index (χ1v) is 5.07. The molecule has 2 rings (SSSR count). The lowest BCUT2D eigenvalue weighted by molar-refractivity contribution is -0.118. The molecule has 7 heteroatoms. The predicted octanol–water partition coefficient (Wildman–Crippen LogP) is -0.358. The van der Waals surface area contributed by atoms with Crippen molar-refractivity contribution in [2.45, 2.75) is 6.04 Å². The maximum Gasteiger partial charge on any atom is 0.246 e. The number of rotatable bonds is 4. The topological polar surface area (TPSA) is 94.5 Å². The summed E-state index contributed by atoms with van der Waals surface area (Å²) in [5, 5.41) is 10.4. The Morgan fingerprint density at radius 2 is 2.41 bits per heavy atom. The lowest BCUT2D eigenvalue weighted by Crippen LogP contribution is -2.39. The second-order valence-corrected chi connectivity index (χ2v) is 3.50. The van der Waals surface area contributed by atoms with E-state index in [0.29, 0.717) is 11.6 Å². The molecule has 2 aromatic rings. The van der Waals surface area contributed by atoms with Gasteiger partial charge in [0.05, 0.1) is 6.61 Å². The van der Waals surface area contributed by atoms with Crippen molar-refractivity contribution in [1.29, 1.82) is 0 Å². The van der Waals surface area contributed by atoms with Gasteiger partial charge in [0, 0.05) is 13.3 Å². The highest BCUT2D eigenvalue weighted by atomic mass is 16.5. The molecule has 0 saturated carbocycles. The van der Waals surface area contributed by atoms with Gasteiger partial charge in [-0.15, -0.1) is 10.2 Å². The number of hydrogen-bond acceptors (Lipinski definition) is 5. The first kappa shape index (κ1) is 11.5. The van der Waals surface area contributed by atoms with Crippen LogP contribution in [-0.2, 0) is 9.53 Å². The predicted molar refractivity (Wildman–Crippen MR) is 61.5 cm³/mol. The number of carbonyl (C=O) groups excluding carboxylic acids is 1. The summed E-state index contributed by atoms with van der Waals surface area (Å²) in [6.07, 6.45) is 1.76. The first-order chi connectivity index (χ1) is 8.22. The van der Waals surface area contributed by atoms with Gasteiger partial charge in [0.1, 0.15) is 6.04 Å². The third kappa shape index (κ3) is 2.40. The molecule has 0 fully saturated rings. The van der Waals surface area contributed by atoms with E-state index in [2.05, 4.69) is 15.5 Å². The number of anilines is 1. The highest BCUT2D eigenvalue weighted by Gasteiger charge is 2.15. The normalized spacial score (nSPS) is 12.6. The van der Waals surface area contributed by atoms with Crippen LogP contribution >= 0.6 is 0 Å². The van der Waals surface area contributed by atoms with Gasteiger partial charge in [0.25, 0.3) is 0 Å². The molecular weight excluding hydrogens is 222 g/mol. The summed E-state index contributed by atoms with van der Waals surface area (Å²) >= 11 is 0. The van der Waals surface area contributed by atoms with E-state index in [9.17, 15) is 4.79 Å². The Morgan fingerprint density at radius 1 is 1.59 bits per heavy atom. The summed E-state index contributed by atoms with van der Waals surface area (Å²) < 4.78 is 6.47. The van der Waals surface area contributed by atoms with Crippen molar-refractivity contribution in [2.24, 2.45) is 5.73 Å². The summed E-state index contributed by atoms with van der Waals surface area (Å²) in [7, 11) is 1.49. The monoisotopic (exact) mass is 235 g/mol. The number of pyridine rings is 1. The fourth-order valence-electron chi connectivity index (χ4n) is 1.38. The van der Waals surface area contributed by atoms with Crippen LogP contribution in [0.2, 0.25) is 0 Å². The zero-order valence-electron chi connectivity index (χ0n) is 9.33. The molecule has 17 heavy (non-hydrogen) atoms. The molecule has 1 atom stereocenters. The summed E-state index contributed by atoms with van der Waals surface area (Å²) in [4.78, 5) is 11.6. The molecule has 0 radical (unpaired) electrons. The van der Waals surface area contributed by atoms with Crippen LogP contribution in [0.15, 0.2) is 24.4 Å². The summed E-state index contributed by atoms with van der Waals surface area (Å²) in [6.45, 7) is 0.155. The Labute approximate surface area is 97.6 Å². The van der Waals surface area contributed by atoms with Crippen molar-refractivity contribution in [3.05, 3.63) is 24.4 Å². The Morgan fingerprint density at radius 3 is 3.18 bits per heavy atom. The van der Waals surface area contributed by atoms with E-state index >= 15 is 0 Å². The molecule has 3 N–H and O–H groups in total. The number of aromatic nitrogens is 3. The molecule has 0 aliphatic rings. The number of nitrogens with one attached hydrogen (secondary N) is 1. The van der Waals surface area contributed by atoms with E-state index in [0.717, 1.165) is 0 Å². The second-order valence-electron chi connectivity index (χ2n) is 3.50. The zero-order chi connectivity index (χ0) is 12.3. The van der Waals surface area contributed by atoms with Gasteiger partial charge in [-0.2, -0.15) is 0 Å².